The van der Waals surface area contributed by atoms with Gasteiger partial charge in [-0.25, -0.2) is 4.98 Å². The Hall–Kier alpha value is -1.17. The maximum absolute atomic E-state index is 6.56. The van der Waals surface area contributed by atoms with Crippen LogP contribution >= 0.6 is 11.3 Å². The van der Waals surface area contributed by atoms with Crippen LogP contribution in [-0.4, -0.2) is 48.3 Å². The van der Waals surface area contributed by atoms with Crippen LogP contribution < -0.4 is 4.74 Å². The van der Waals surface area contributed by atoms with E-state index in [4.69, 9.17) is 9.47 Å². The lowest BCUT2D eigenvalue weighted by Crippen LogP contribution is -2.46. The minimum absolute atomic E-state index is 0.352. The number of hydrogen-bond donors (Lipinski definition) is 0. The first-order chi connectivity index (χ1) is 12.8. The average Bonchev–Trinajstić information content (AvgIpc) is 3.23. The van der Waals surface area contributed by atoms with Crippen LogP contribution in [0.25, 0.3) is 10.2 Å². The number of fused-ring (bicyclic) bond motifs is 3. The molecule has 2 aromatic rings. The summed E-state index contributed by atoms with van der Waals surface area (Å²) in [5.41, 5.74) is 1.52. The monoisotopic (exact) mass is 372 g/mol. The van der Waals surface area contributed by atoms with Crippen molar-refractivity contribution in [1.82, 2.24) is 9.88 Å². The van der Waals surface area contributed by atoms with Crippen LogP contribution in [-0.2, 0) is 11.2 Å². The Labute approximate surface area is 159 Å². The van der Waals surface area contributed by atoms with E-state index in [2.05, 4.69) is 22.9 Å². The first kappa shape index (κ1) is 17.0. The van der Waals surface area contributed by atoms with Gasteiger partial charge in [0.15, 0.2) is 0 Å². The van der Waals surface area contributed by atoms with Crippen molar-refractivity contribution in [3.8, 4) is 5.75 Å². The molecule has 0 bridgehead atoms. The first-order valence-corrected chi connectivity index (χ1v) is 11.0. The molecule has 4 nitrogen and oxygen atoms in total. The maximum Gasteiger partial charge on any atom is 0.131 e. The van der Waals surface area contributed by atoms with E-state index in [0.717, 1.165) is 50.9 Å². The molecule has 3 aliphatic rings. The Balaban J connectivity index is 1.30. The van der Waals surface area contributed by atoms with Crippen molar-refractivity contribution in [2.75, 3.05) is 26.3 Å². The van der Waals surface area contributed by atoms with Crippen LogP contribution in [0, 0.1) is 0 Å². The molecule has 2 aliphatic carbocycles. The lowest BCUT2D eigenvalue weighted by Gasteiger charge is -2.38. The predicted octanol–water partition coefficient (Wildman–Crippen LogP) is 4.37. The van der Waals surface area contributed by atoms with Crippen molar-refractivity contribution in [2.24, 2.45) is 0 Å². The molecule has 140 valence electrons. The van der Waals surface area contributed by atoms with Crippen molar-refractivity contribution in [3.05, 3.63) is 22.7 Å². The molecule has 1 aliphatic heterocycles. The maximum atomic E-state index is 6.56. The second kappa shape index (κ2) is 7.10. The molecule has 1 saturated heterocycles. The molecular formula is C21H28N2O2S. The highest BCUT2D eigenvalue weighted by molar-refractivity contribution is 7.19. The zero-order valence-corrected chi connectivity index (χ0v) is 16.4. The number of nitrogens with zero attached hydrogens (tertiary/aromatic N) is 2. The summed E-state index contributed by atoms with van der Waals surface area (Å²) >= 11 is 1.88. The quantitative estimate of drug-likeness (QED) is 0.801. The number of aromatic nitrogens is 1. The summed E-state index contributed by atoms with van der Waals surface area (Å²) in [7, 11) is 0. The van der Waals surface area contributed by atoms with Crippen LogP contribution in [0.2, 0.25) is 0 Å². The molecule has 0 aromatic carbocycles. The van der Waals surface area contributed by atoms with Crippen molar-refractivity contribution >= 4 is 21.6 Å². The van der Waals surface area contributed by atoms with Crippen molar-refractivity contribution in [1.29, 1.82) is 0 Å². The fraction of sp³-hybridized carbons (Fsp3) is 0.667. The third kappa shape index (κ3) is 3.04. The van der Waals surface area contributed by atoms with Crippen molar-refractivity contribution in [3.63, 3.8) is 0 Å². The molecular weight excluding hydrogens is 344 g/mol. The van der Waals surface area contributed by atoms with Gasteiger partial charge in [-0.05, 0) is 56.1 Å². The van der Waals surface area contributed by atoms with E-state index in [1.165, 1.54) is 46.3 Å². The third-order valence-electron chi connectivity index (χ3n) is 6.46. The summed E-state index contributed by atoms with van der Waals surface area (Å²) in [5.74, 6) is 1.72. The van der Waals surface area contributed by atoms with Gasteiger partial charge in [-0.2, -0.15) is 0 Å². The molecule has 0 N–H and O–H groups in total. The number of pyridine rings is 1. The minimum Gasteiger partial charge on any atom is -0.490 e. The summed E-state index contributed by atoms with van der Waals surface area (Å²) in [5, 5.41) is 1.31. The highest BCUT2D eigenvalue weighted by atomic mass is 32.1. The SMILES string of the molecule is C[C@H]1CCc2sc3nccc(OC4CCC(N5CCOCC5)CC4)c3c21. The molecule has 0 radical (unpaired) electrons. The lowest BCUT2D eigenvalue weighted by molar-refractivity contribution is -0.000919. The van der Waals surface area contributed by atoms with Gasteiger partial charge in [0.25, 0.3) is 0 Å². The number of morpholine rings is 1. The first-order valence-electron chi connectivity index (χ1n) is 10.2. The van der Waals surface area contributed by atoms with Gasteiger partial charge in [0.05, 0.1) is 24.7 Å². The van der Waals surface area contributed by atoms with Crippen molar-refractivity contribution in [2.45, 2.75) is 63.5 Å². The van der Waals surface area contributed by atoms with Gasteiger partial charge in [-0.15, -0.1) is 11.3 Å². The predicted molar refractivity (Wildman–Crippen MR) is 105 cm³/mol. The fourth-order valence-electron chi connectivity index (χ4n) is 5.01. The molecule has 0 spiro atoms. The zero-order valence-electron chi connectivity index (χ0n) is 15.6. The number of aryl methyl sites for hydroxylation is 1. The van der Waals surface area contributed by atoms with Crippen LogP contribution in [0.15, 0.2) is 12.3 Å². The number of thiophene rings is 1. The summed E-state index contributed by atoms with van der Waals surface area (Å²) in [4.78, 5) is 9.95. The van der Waals surface area contributed by atoms with Crippen LogP contribution in [0.4, 0.5) is 0 Å². The van der Waals surface area contributed by atoms with Gasteiger partial charge in [0.2, 0.25) is 0 Å². The van der Waals surface area contributed by atoms with E-state index >= 15 is 0 Å². The minimum atomic E-state index is 0.352. The summed E-state index contributed by atoms with van der Waals surface area (Å²) in [6, 6.07) is 2.82. The normalized spacial score (nSPS) is 29.8. The topological polar surface area (TPSA) is 34.6 Å². The van der Waals surface area contributed by atoms with E-state index in [1.807, 2.05) is 17.5 Å². The van der Waals surface area contributed by atoms with Gasteiger partial charge in [-0.3, -0.25) is 4.90 Å². The number of hydrogen-bond acceptors (Lipinski definition) is 5. The Morgan fingerprint density at radius 1 is 1.15 bits per heavy atom. The summed E-state index contributed by atoms with van der Waals surface area (Å²) in [6.07, 6.45) is 9.57. The molecule has 3 heterocycles. The Bertz CT molecular complexity index is 776. The highest BCUT2D eigenvalue weighted by Crippen LogP contribution is 2.46. The zero-order chi connectivity index (χ0) is 17.5. The Morgan fingerprint density at radius 3 is 2.77 bits per heavy atom. The largest absolute Gasteiger partial charge is 0.490 e. The van der Waals surface area contributed by atoms with Gasteiger partial charge in [0.1, 0.15) is 10.6 Å². The van der Waals surface area contributed by atoms with Crippen LogP contribution in [0.5, 0.6) is 5.75 Å². The van der Waals surface area contributed by atoms with E-state index in [0.29, 0.717) is 12.0 Å². The Morgan fingerprint density at radius 2 is 1.96 bits per heavy atom. The van der Waals surface area contributed by atoms with E-state index < -0.39 is 0 Å². The average molecular weight is 373 g/mol. The molecule has 5 rings (SSSR count). The molecule has 0 unspecified atom stereocenters. The summed E-state index contributed by atoms with van der Waals surface area (Å²) in [6.45, 7) is 6.34. The van der Waals surface area contributed by atoms with Gasteiger partial charge in [-0.1, -0.05) is 6.92 Å². The molecule has 2 fully saturated rings. The summed E-state index contributed by atoms with van der Waals surface area (Å²) < 4.78 is 12.1. The second-order valence-electron chi connectivity index (χ2n) is 8.06. The smallest absolute Gasteiger partial charge is 0.131 e. The van der Waals surface area contributed by atoms with Gasteiger partial charge >= 0.3 is 0 Å². The fourth-order valence-corrected chi connectivity index (χ4v) is 6.30. The van der Waals surface area contributed by atoms with Crippen LogP contribution in [0.1, 0.15) is 55.4 Å². The lowest BCUT2D eigenvalue weighted by atomic mass is 9.91. The highest BCUT2D eigenvalue weighted by Gasteiger charge is 2.30. The molecule has 0 amide bonds. The van der Waals surface area contributed by atoms with E-state index in [9.17, 15) is 0 Å². The van der Waals surface area contributed by atoms with Gasteiger partial charge in [0, 0.05) is 30.2 Å². The number of ether oxygens (including phenoxy) is 2. The molecule has 5 heteroatoms. The molecule has 2 aromatic heterocycles. The Kier molecular flexibility index (Phi) is 4.63. The molecule has 1 atom stereocenters. The molecule has 26 heavy (non-hydrogen) atoms. The molecule has 1 saturated carbocycles. The van der Waals surface area contributed by atoms with Crippen molar-refractivity contribution < 1.29 is 9.47 Å². The van der Waals surface area contributed by atoms with Crippen LogP contribution in [0.3, 0.4) is 0 Å². The van der Waals surface area contributed by atoms with Gasteiger partial charge < -0.3 is 9.47 Å². The third-order valence-corrected chi connectivity index (χ3v) is 7.64. The van der Waals surface area contributed by atoms with E-state index in [1.54, 1.807) is 0 Å². The second-order valence-corrected chi connectivity index (χ2v) is 9.15. The number of rotatable bonds is 3. The standard InChI is InChI=1S/C21H28N2O2S/c1-14-2-7-18-19(14)20-17(8-9-22-21(20)26-18)25-16-5-3-15(4-6-16)23-10-12-24-13-11-23/h8-9,14-16H,2-7,10-13H2,1H3/t14-,15?,16?/m0/s1. The van der Waals surface area contributed by atoms with E-state index in [-0.39, 0.29) is 0 Å².